The number of fused-ring (bicyclic) bond motifs is 1. The number of hydrogen-bond donors (Lipinski definition) is 1. The van der Waals surface area contributed by atoms with Crippen LogP contribution in [-0.4, -0.2) is 27.7 Å². The Morgan fingerprint density at radius 2 is 1.91 bits per heavy atom. The van der Waals surface area contributed by atoms with E-state index in [-0.39, 0.29) is 10.9 Å². The van der Waals surface area contributed by atoms with Gasteiger partial charge in [-0.1, -0.05) is 55.3 Å². The number of hydrogen-bond acceptors (Lipinski definition) is 7. The molecule has 0 fully saturated rings. The van der Waals surface area contributed by atoms with Gasteiger partial charge in [-0.2, -0.15) is 0 Å². The van der Waals surface area contributed by atoms with Gasteiger partial charge in [0.05, 0.1) is 17.6 Å². The molecule has 2 aromatic heterocycles. The maximum absolute atomic E-state index is 12.0. The van der Waals surface area contributed by atoms with E-state index in [9.17, 15) is 9.90 Å². The van der Waals surface area contributed by atoms with Crippen LogP contribution in [-0.2, 0) is 4.74 Å². The Morgan fingerprint density at radius 3 is 2.64 bits per heavy atom. The van der Waals surface area contributed by atoms with Gasteiger partial charge >= 0.3 is 5.97 Å². The predicted octanol–water partition coefficient (Wildman–Crippen LogP) is 7.03. The van der Waals surface area contributed by atoms with Crippen LogP contribution in [0.3, 0.4) is 0 Å². The zero-order valence-electron chi connectivity index (χ0n) is 17.9. The zero-order valence-corrected chi connectivity index (χ0v) is 18.7. The number of unbranched alkanes of at least 4 members (excludes halogenated alkanes) is 1. The van der Waals surface area contributed by atoms with Crippen molar-refractivity contribution in [1.29, 1.82) is 0 Å². The molecule has 0 saturated carbocycles. The van der Waals surface area contributed by atoms with Crippen molar-refractivity contribution < 1.29 is 14.6 Å². The van der Waals surface area contributed by atoms with Crippen molar-refractivity contribution in [3.63, 3.8) is 0 Å². The van der Waals surface area contributed by atoms with E-state index in [4.69, 9.17) is 16.3 Å². The number of halogens is 1. The Labute approximate surface area is 195 Å². The minimum absolute atomic E-state index is 0.0658. The average molecular weight is 461 g/mol. The number of phenolic OH excluding ortho intramolecular Hbond substituents is 1. The molecule has 4 rings (SSSR count). The highest BCUT2D eigenvalue weighted by Gasteiger charge is 2.15. The minimum Gasteiger partial charge on any atom is -0.507 e. The van der Waals surface area contributed by atoms with Gasteiger partial charge in [0.25, 0.3) is 0 Å². The molecular weight excluding hydrogens is 440 g/mol. The van der Waals surface area contributed by atoms with Gasteiger partial charge in [-0.15, -0.1) is 10.2 Å². The number of phenols is 1. The molecule has 0 unspecified atom stereocenters. The molecule has 0 aliphatic heterocycles. The molecule has 0 aliphatic rings. The molecular formula is C25H21ClN4O3. The van der Waals surface area contributed by atoms with Crippen LogP contribution >= 0.6 is 11.6 Å². The summed E-state index contributed by atoms with van der Waals surface area (Å²) >= 11 is 6.29. The van der Waals surface area contributed by atoms with Crippen molar-refractivity contribution in [2.24, 2.45) is 10.2 Å². The predicted molar refractivity (Wildman–Crippen MR) is 127 cm³/mol. The fourth-order valence-electron chi connectivity index (χ4n) is 3.27. The minimum atomic E-state index is -0.420. The van der Waals surface area contributed by atoms with E-state index in [0.29, 0.717) is 34.6 Å². The third-order valence-corrected chi connectivity index (χ3v) is 5.14. The summed E-state index contributed by atoms with van der Waals surface area (Å²) in [5.41, 5.74) is 2.82. The number of azo groups is 1. The van der Waals surface area contributed by atoms with Crippen molar-refractivity contribution in [2.75, 3.05) is 6.61 Å². The highest BCUT2D eigenvalue weighted by Crippen LogP contribution is 2.40. The number of aromatic nitrogens is 2. The monoisotopic (exact) mass is 460 g/mol. The Morgan fingerprint density at radius 1 is 1.09 bits per heavy atom. The average Bonchev–Trinajstić information content (AvgIpc) is 2.84. The van der Waals surface area contributed by atoms with Gasteiger partial charge in [-0.25, -0.2) is 14.8 Å². The normalized spacial score (nSPS) is 11.2. The molecule has 0 saturated heterocycles. The first-order valence-corrected chi connectivity index (χ1v) is 10.9. The second-order valence-electron chi connectivity index (χ2n) is 7.28. The number of carbonyl (C=O) groups is 1. The van der Waals surface area contributed by atoms with Gasteiger partial charge in [0.2, 0.25) is 0 Å². The van der Waals surface area contributed by atoms with Gasteiger partial charge in [0.15, 0.2) is 5.82 Å². The van der Waals surface area contributed by atoms with Crippen molar-refractivity contribution in [3.05, 3.63) is 77.6 Å². The number of pyridine rings is 2. The first-order chi connectivity index (χ1) is 16.1. The number of rotatable bonds is 7. The first-order valence-electron chi connectivity index (χ1n) is 10.5. The lowest BCUT2D eigenvalue weighted by molar-refractivity contribution is 0.0499. The highest BCUT2D eigenvalue weighted by atomic mass is 35.5. The molecule has 0 radical (unpaired) electrons. The highest BCUT2D eigenvalue weighted by molar-refractivity contribution is 6.30. The van der Waals surface area contributed by atoms with Crippen LogP contribution in [0, 0.1) is 0 Å². The van der Waals surface area contributed by atoms with Crippen molar-refractivity contribution in [1.82, 2.24) is 9.97 Å². The quantitative estimate of drug-likeness (QED) is 0.138. The molecule has 2 aromatic carbocycles. The number of benzene rings is 2. The van der Waals surface area contributed by atoms with E-state index in [0.717, 1.165) is 24.0 Å². The molecule has 8 heteroatoms. The number of esters is 1. The lowest BCUT2D eigenvalue weighted by Gasteiger charge is -2.10. The Kier molecular flexibility index (Phi) is 6.90. The standard InChI is InChI=1S/C25H21ClN4O3/c1-2-3-13-33-25(32)17-9-12-22(27-15-17)30-29-19-10-11-20(31)23-18(14-21(26)28-24(19)23)16-7-5-4-6-8-16/h4-12,14-15,31H,2-3,13H2,1H3. The fraction of sp³-hybridized carbons (Fsp3) is 0.160. The van der Waals surface area contributed by atoms with Crippen LogP contribution in [0.25, 0.3) is 22.0 Å². The van der Waals surface area contributed by atoms with Gasteiger partial charge in [-0.3, -0.25) is 0 Å². The van der Waals surface area contributed by atoms with Crippen molar-refractivity contribution >= 4 is 40.0 Å². The molecule has 0 atom stereocenters. The van der Waals surface area contributed by atoms with Crippen LogP contribution in [0.2, 0.25) is 5.15 Å². The maximum Gasteiger partial charge on any atom is 0.339 e. The second kappa shape index (κ2) is 10.2. The van der Waals surface area contributed by atoms with Crippen molar-refractivity contribution in [2.45, 2.75) is 19.8 Å². The van der Waals surface area contributed by atoms with E-state index in [1.807, 2.05) is 37.3 Å². The van der Waals surface area contributed by atoms with Gasteiger partial charge in [0.1, 0.15) is 22.1 Å². The number of carbonyl (C=O) groups excluding carboxylic acids is 1. The molecule has 0 aliphatic carbocycles. The summed E-state index contributed by atoms with van der Waals surface area (Å²) in [6, 6.07) is 17.6. The Balaban J connectivity index is 1.65. The lowest BCUT2D eigenvalue weighted by Crippen LogP contribution is -2.06. The fourth-order valence-corrected chi connectivity index (χ4v) is 3.46. The van der Waals surface area contributed by atoms with Crippen molar-refractivity contribution in [3.8, 4) is 16.9 Å². The number of aromatic hydroxyl groups is 1. The zero-order chi connectivity index (χ0) is 23.2. The van der Waals surface area contributed by atoms with E-state index < -0.39 is 5.97 Å². The third kappa shape index (κ3) is 5.15. The second-order valence-corrected chi connectivity index (χ2v) is 7.67. The first kappa shape index (κ1) is 22.4. The molecule has 2 heterocycles. The Bertz CT molecular complexity index is 1310. The Hall–Kier alpha value is -3.84. The van der Waals surface area contributed by atoms with Crippen LogP contribution < -0.4 is 0 Å². The number of ether oxygens (including phenoxy) is 1. The van der Waals surface area contributed by atoms with Gasteiger partial charge < -0.3 is 9.84 Å². The van der Waals surface area contributed by atoms with Gasteiger partial charge in [-0.05, 0) is 47.9 Å². The summed E-state index contributed by atoms with van der Waals surface area (Å²) in [5, 5.41) is 19.8. The van der Waals surface area contributed by atoms with E-state index in [2.05, 4.69) is 20.2 Å². The molecule has 4 aromatic rings. The summed E-state index contributed by atoms with van der Waals surface area (Å²) < 4.78 is 5.18. The summed E-state index contributed by atoms with van der Waals surface area (Å²) in [4.78, 5) is 20.6. The molecule has 0 spiro atoms. The topological polar surface area (TPSA) is 97.0 Å². The summed E-state index contributed by atoms with van der Waals surface area (Å²) in [5.74, 6) is -0.0427. The third-order valence-electron chi connectivity index (χ3n) is 4.95. The molecule has 33 heavy (non-hydrogen) atoms. The van der Waals surface area contributed by atoms with E-state index in [1.165, 1.54) is 6.20 Å². The molecule has 166 valence electrons. The van der Waals surface area contributed by atoms with Crippen LogP contribution in [0.15, 0.2) is 77.1 Å². The van der Waals surface area contributed by atoms with E-state index in [1.54, 1.807) is 30.3 Å². The summed E-state index contributed by atoms with van der Waals surface area (Å²) in [6.45, 7) is 2.41. The summed E-state index contributed by atoms with van der Waals surface area (Å²) in [6.07, 6.45) is 3.17. The molecule has 7 nitrogen and oxygen atoms in total. The molecule has 0 bridgehead atoms. The van der Waals surface area contributed by atoms with Crippen LogP contribution in [0.5, 0.6) is 5.75 Å². The van der Waals surface area contributed by atoms with Crippen LogP contribution in [0.1, 0.15) is 30.1 Å². The molecule has 0 amide bonds. The smallest absolute Gasteiger partial charge is 0.339 e. The number of nitrogens with zero attached hydrogens (tertiary/aromatic N) is 4. The van der Waals surface area contributed by atoms with Gasteiger partial charge in [0, 0.05) is 6.20 Å². The summed E-state index contributed by atoms with van der Waals surface area (Å²) in [7, 11) is 0. The van der Waals surface area contributed by atoms with E-state index >= 15 is 0 Å². The SMILES string of the molecule is CCCCOC(=O)c1ccc(N=Nc2ccc(O)c3c(-c4ccccc4)cc(Cl)nc23)nc1. The lowest BCUT2D eigenvalue weighted by atomic mass is 10.00. The van der Waals surface area contributed by atoms with Crippen LogP contribution in [0.4, 0.5) is 11.5 Å². The maximum atomic E-state index is 12.0. The largest absolute Gasteiger partial charge is 0.507 e. The molecule has 1 N–H and O–H groups in total.